The van der Waals surface area contributed by atoms with Gasteiger partial charge in [-0.25, -0.2) is 0 Å². The van der Waals surface area contributed by atoms with Gasteiger partial charge in [0, 0.05) is 101 Å². The van der Waals surface area contributed by atoms with Crippen LogP contribution in [0.15, 0.2) is 132 Å². The Hall–Kier alpha value is -4.60. The molecule has 2 atom stereocenters. The van der Waals surface area contributed by atoms with Crippen molar-refractivity contribution in [2.75, 3.05) is 13.1 Å². The molecule has 1 fully saturated rings. The van der Waals surface area contributed by atoms with E-state index in [1.165, 1.54) is 410 Å². The number of rotatable bonds is 69. The van der Waals surface area contributed by atoms with Crippen molar-refractivity contribution in [2.45, 2.75) is 441 Å². The molecule has 2 unspecified atom stereocenters. The molecule has 0 aliphatic carbocycles. The summed E-state index contributed by atoms with van der Waals surface area (Å²) in [6, 6.07) is 46.1. The highest BCUT2D eigenvalue weighted by Crippen LogP contribution is 2.54. The van der Waals surface area contributed by atoms with Crippen molar-refractivity contribution < 1.29 is 18.9 Å². The number of carbonyl (C=O) groups is 2. The van der Waals surface area contributed by atoms with Crippen LogP contribution in [0.5, 0.6) is 0 Å². The molecule has 2 amide bonds. The van der Waals surface area contributed by atoms with Crippen LogP contribution < -0.4 is 4.78 Å². The number of unbranched alkanes of at least 4 members (excludes halogenated alkanes) is 41. The zero-order chi connectivity index (χ0) is 94.8. The molecule has 17 heteroatoms. The lowest BCUT2D eigenvalue weighted by atomic mass is 9.88. The van der Waals surface area contributed by atoms with Gasteiger partial charge in [0.2, 0.25) is 0 Å². The first-order valence-electron chi connectivity index (χ1n) is 54.5. The summed E-state index contributed by atoms with van der Waals surface area (Å²) < 4.78 is 13.5. The van der Waals surface area contributed by atoms with Gasteiger partial charge in [-0.05, 0) is 219 Å². The summed E-state index contributed by atoms with van der Waals surface area (Å²) in [6.45, 7) is 25.8. The topological polar surface area (TPSA) is 59.1 Å². The van der Waals surface area contributed by atoms with Crippen LogP contribution in [-0.2, 0) is 38.2 Å². The first-order valence-corrected chi connectivity index (χ1v) is 62.7. The van der Waals surface area contributed by atoms with Crippen LogP contribution in [0.2, 0.25) is 0 Å². The molecular formula is C118H169BN2O4S10. The van der Waals surface area contributed by atoms with Gasteiger partial charge in [0.15, 0.2) is 0 Å². The standard InChI is InChI=1S/C98H140N2O2S8.C20H29BO2S2/c1-7-13-19-25-29-33-35-39-43-47-53-75(51-45-41-37-31-27-21-15-9-3)73-99-95(91-71-69-89(109-91)87-67-65-85(107-87)83-63-61-81(105-83)79-59-57-77(103-79)55-49-23-17-11-5)93-94(97(99)101)96(100(98(93)102)74-76(52-46-42-38-32-28-22-16-10-4)54-48-44-40-36-34-30-26-20-14-8-2)92-72-70-90(110-92)88-68-66-86(108-88)84-64-62-82(106-84)80-60-58-78(104-80)56-50-24-18-12-6;1-6-7-8-9-10-15-11-12-16(24-15)17-13-14-18(25-17)21-22-19(2,3)20(4,5)23-21/h57-72,75-76H,7-56,73-74H2,1-6H3;11-14H,6-10H2,1-5H3. The van der Waals surface area contributed by atoms with E-state index in [2.05, 4.69) is 207 Å². The average Bonchev–Trinajstić information content (AvgIpc) is 1.55. The summed E-state index contributed by atoms with van der Waals surface area (Å²) in [4.78, 5) is 62.6. The number of amides is 2. The number of nitrogens with zero attached hydrogens (tertiary/aromatic N) is 2. The Morgan fingerprint density at radius 2 is 0.430 bits per heavy atom. The summed E-state index contributed by atoms with van der Waals surface area (Å²) in [7, 11) is -0.253. The SMILES string of the molecule is CCCCCCCCCCCCC(CCCCCCCCCC)CN1C(=O)C2=C(c3ccc(-c4ccc(-c5ccc(-c6ccc(CCCCCC)s6)s5)s4)s3)N(CC(CCCCCCCCCC)CCCCCCCCCCCC)C(=O)C2=C1c1ccc(-c2ccc(-c3ccc(-c4ccc(CCCCCC)s4)s3)s2)s1.CCCCCCc1ccc(-c2ccc(B3OC(C)(C)C(C)(C)O3)s2)s1. The molecule has 6 nitrogen and oxygen atoms in total. The van der Waals surface area contributed by atoms with Crippen LogP contribution in [0.3, 0.4) is 0 Å². The zero-order valence-corrected chi connectivity index (χ0v) is 93.4. The van der Waals surface area contributed by atoms with Gasteiger partial charge in [0.1, 0.15) is 0 Å². The van der Waals surface area contributed by atoms with Gasteiger partial charge in [-0.15, -0.1) is 113 Å². The van der Waals surface area contributed by atoms with Gasteiger partial charge in [-0.2, -0.15) is 0 Å². The molecule has 0 N–H and O–H groups in total. The van der Waals surface area contributed by atoms with Gasteiger partial charge >= 0.3 is 7.12 Å². The highest BCUT2D eigenvalue weighted by Gasteiger charge is 2.53. The lowest BCUT2D eigenvalue weighted by Crippen LogP contribution is -2.41. The highest BCUT2D eigenvalue weighted by molar-refractivity contribution is 7.30. The second-order valence-electron chi connectivity index (χ2n) is 40.5. The summed E-state index contributed by atoms with van der Waals surface area (Å²) in [6.07, 6.45) is 70.7. The van der Waals surface area contributed by atoms with E-state index in [4.69, 9.17) is 9.31 Å². The van der Waals surface area contributed by atoms with Gasteiger partial charge in [0.25, 0.3) is 11.8 Å². The number of hydrogen-bond acceptors (Lipinski definition) is 14. The molecule has 10 aromatic heterocycles. The molecule has 0 saturated carbocycles. The molecule has 0 aromatic carbocycles. The molecule has 3 aliphatic heterocycles. The predicted octanol–water partition coefficient (Wildman–Crippen LogP) is 41.0. The first kappa shape index (κ1) is 109. The Morgan fingerprint density at radius 1 is 0.237 bits per heavy atom. The van der Waals surface area contributed by atoms with Crippen molar-refractivity contribution in [1.29, 1.82) is 0 Å². The van der Waals surface area contributed by atoms with Crippen LogP contribution in [0.4, 0.5) is 0 Å². The molecule has 135 heavy (non-hydrogen) atoms. The molecule has 13 rings (SSSR count). The molecular weight excluding hydrogens is 1840 g/mol. The maximum absolute atomic E-state index is 16.7. The quantitative estimate of drug-likeness (QED) is 0.0282. The summed E-state index contributed by atoms with van der Waals surface area (Å²) in [5.41, 5.74) is 2.53. The Bertz CT molecular complexity index is 4820. The predicted molar refractivity (Wildman–Crippen MR) is 607 cm³/mol. The number of hydrogen-bond donors (Lipinski definition) is 0. The largest absolute Gasteiger partial charge is 0.505 e. The Balaban J connectivity index is 0.000000562. The normalized spacial score (nSPS) is 14.8. The number of thiophene rings is 10. The van der Waals surface area contributed by atoms with Crippen molar-refractivity contribution in [1.82, 2.24) is 9.80 Å². The molecule has 1 saturated heterocycles. The molecule has 3 aliphatic rings. The van der Waals surface area contributed by atoms with E-state index in [9.17, 15) is 0 Å². The van der Waals surface area contributed by atoms with Crippen LogP contribution in [-0.4, -0.2) is 53.0 Å². The van der Waals surface area contributed by atoms with Crippen molar-refractivity contribution in [2.24, 2.45) is 11.8 Å². The number of carbonyl (C=O) groups excluding carboxylic acids is 2. The van der Waals surface area contributed by atoms with Gasteiger partial charge in [-0.3, -0.25) is 9.59 Å². The summed E-state index contributed by atoms with van der Waals surface area (Å²) >= 11 is 18.8. The Morgan fingerprint density at radius 3 is 0.681 bits per heavy atom. The monoisotopic (exact) mass is 2010 g/mol. The second kappa shape index (κ2) is 59.5. The van der Waals surface area contributed by atoms with E-state index >= 15 is 9.59 Å². The van der Waals surface area contributed by atoms with Crippen molar-refractivity contribution in [3.8, 4) is 68.3 Å². The molecule has 10 aromatic rings. The maximum Gasteiger partial charge on any atom is 0.505 e. The lowest BCUT2D eigenvalue weighted by Gasteiger charge is -2.32. The van der Waals surface area contributed by atoms with Crippen molar-refractivity contribution in [3.05, 3.63) is 157 Å². The maximum atomic E-state index is 16.7. The zero-order valence-electron chi connectivity index (χ0n) is 85.2. The summed E-state index contributed by atoms with van der Waals surface area (Å²) in [5, 5.41) is 0. The van der Waals surface area contributed by atoms with Crippen LogP contribution in [0.1, 0.15) is 434 Å². The third-order valence-corrected chi connectivity index (χ3v) is 41.1. The molecule has 0 spiro atoms. The first-order chi connectivity index (χ1) is 66.0. The molecule has 0 radical (unpaired) electrons. The number of aryl methyl sites for hydroxylation is 3. The Labute approximate surface area is 859 Å². The highest BCUT2D eigenvalue weighted by atomic mass is 32.1. The van der Waals surface area contributed by atoms with E-state index in [-0.39, 0.29) is 30.1 Å². The van der Waals surface area contributed by atoms with E-state index < -0.39 is 0 Å². The molecule has 0 bridgehead atoms. The van der Waals surface area contributed by atoms with Crippen LogP contribution in [0.25, 0.3) is 79.7 Å². The minimum absolute atomic E-state index is 0.0478. The lowest BCUT2D eigenvalue weighted by molar-refractivity contribution is -0.124. The Kier molecular flexibility index (Phi) is 48.1. The minimum atomic E-state index is -0.281. The van der Waals surface area contributed by atoms with Crippen LogP contribution >= 0.6 is 113 Å². The van der Waals surface area contributed by atoms with Crippen molar-refractivity contribution in [3.63, 3.8) is 0 Å². The average molecular weight is 2010 g/mol. The second-order valence-corrected chi connectivity index (χ2v) is 51.6. The number of fused-ring (bicyclic) bond motifs is 1. The van der Waals surface area contributed by atoms with E-state index in [0.717, 1.165) is 51.6 Å². The fourth-order valence-corrected chi connectivity index (χ4v) is 30.6. The minimum Gasteiger partial charge on any atom is -0.399 e. The van der Waals surface area contributed by atoms with Gasteiger partial charge in [-0.1, -0.05) is 343 Å². The van der Waals surface area contributed by atoms with E-state index in [0.29, 0.717) is 36.1 Å². The van der Waals surface area contributed by atoms with E-state index in [1.807, 2.05) is 79.4 Å². The molecule has 738 valence electrons. The van der Waals surface area contributed by atoms with Crippen molar-refractivity contribution >= 4 is 148 Å². The van der Waals surface area contributed by atoms with Crippen LogP contribution in [0, 0.1) is 11.8 Å². The summed E-state index contributed by atoms with van der Waals surface area (Å²) in [5.74, 6) is 0.790. The van der Waals surface area contributed by atoms with Gasteiger partial charge in [0.05, 0.1) is 43.5 Å². The third kappa shape index (κ3) is 33.5. The van der Waals surface area contributed by atoms with Gasteiger partial charge < -0.3 is 19.1 Å². The fraction of sp³-hybridized carbons (Fsp3) is 0.610. The smallest absolute Gasteiger partial charge is 0.399 e. The third-order valence-electron chi connectivity index (χ3n) is 28.7. The fourth-order valence-electron chi connectivity index (χ4n) is 19.7. The molecule has 13 heterocycles. The van der Waals surface area contributed by atoms with E-state index in [1.54, 1.807) is 34.0 Å².